The molecule has 1 aromatic carbocycles. The SMILES string of the molecule is CC(CO)C(C)NC(=O)c1cc(F)cc2[nH]cnc12. The molecule has 0 bridgehead atoms. The average Bonchev–Trinajstić information content (AvgIpc) is 2.84. The molecule has 0 saturated heterocycles. The molecule has 5 nitrogen and oxygen atoms in total. The highest BCUT2D eigenvalue weighted by molar-refractivity contribution is 6.04. The number of aliphatic hydroxyl groups is 1. The summed E-state index contributed by atoms with van der Waals surface area (Å²) in [6.45, 7) is 3.59. The first-order valence-electron chi connectivity index (χ1n) is 6.07. The van der Waals surface area contributed by atoms with Crippen LogP contribution in [0.2, 0.25) is 0 Å². The predicted octanol–water partition coefficient (Wildman–Crippen LogP) is 1.45. The quantitative estimate of drug-likeness (QED) is 0.783. The number of aromatic nitrogens is 2. The molecule has 2 atom stereocenters. The van der Waals surface area contributed by atoms with Crippen molar-refractivity contribution in [2.45, 2.75) is 19.9 Å². The molecule has 0 spiro atoms. The molecular formula is C13H16FN3O2. The number of nitrogens with zero attached hydrogens (tertiary/aromatic N) is 1. The summed E-state index contributed by atoms with van der Waals surface area (Å²) < 4.78 is 13.4. The Morgan fingerprint density at radius 3 is 2.95 bits per heavy atom. The number of carbonyl (C=O) groups excluding carboxylic acids is 1. The standard InChI is InChI=1S/C13H16FN3O2/c1-7(5-18)8(2)17-13(19)10-3-9(14)4-11-12(10)16-6-15-11/h3-4,6-8,18H,5H2,1-2H3,(H,15,16)(H,17,19). The lowest BCUT2D eigenvalue weighted by atomic mass is 10.0. The first kappa shape index (κ1) is 13.5. The Morgan fingerprint density at radius 2 is 2.26 bits per heavy atom. The number of carbonyl (C=O) groups is 1. The molecule has 0 fully saturated rings. The number of nitrogens with one attached hydrogen (secondary N) is 2. The molecule has 0 saturated carbocycles. The molecule has 1 amide bonds. The number of H-pyrrole nitrogens is 1. The number of amides is 1. The molecular weight excluding hydrogens is 249 g/mol. The number of aliphatic hydroxyl groups excluding tert-OH is 1. The summed E-state index contributed by atoms with van der Waals surface area (Å²) >= 11 is 0. The Labute approximate surface area is 109 Å². The number of hydrogen-bond donors (Lipinski definition) is 3. The van der Waals surface area contributed by atoms with Crippen molar-refractivity contribution in [3.63, 3.8) is 0 Å². The smallest absolute Gasteiger partial charge is 0.253 e. The molecule has 2 aromatic rings. The molecule has 0 aliphatic heterocycles. The molecule has 102 valence electrons. The third-order valence-electron chi connectivity index (χ3n) is 3.23. The van der Waals surface area contributed by atoms with Crippen LogP contribution in [0.3, 0.4) is 0 Å². The normalized spacial score (nSPS) is 14.3. The number of aromatic amines is 1. The zero-order valence-electron chi connectivity index (χ0n) is 10.8. The van der Waals surface area contributed by atoms with Crippen molar-refractivity contribution in [2.75, 3.05) is 6.61 Å². The van der Waals surface area contributed by atoms with Crippen LogP contribution in [0, 0.1) is 11.7 Å². The zero-order chi connectivity index (χ0) is 14.0. The van der Waals surface area contributed by atoms with Crippen molar-refractivity contribution in [3.05, 3.63) is 29.8 Å². The van der Waals surface area contributed by atoms with E-state index in [-0.39, 0.29) is 24.1 Å². The number of halogens is 1. The van der Waals surface area contributed by atoms with Gasteiger partial charge in [0, 0.05) is 12.6 Å². The molecule has 6 heteroatoms. The van der Waals surface area contributed by atoms with E-state index in [0.717, 1.165) is 6.07 Å². The van der Waals surface area contributed by atoms with Gasteiger partial charge < -0.3 is 15.4 Å². The minimum Gasteiger partial charge on any atom is -0.396 e. The van der Waals surface area contributed by atoms with E-state index in [9.17, 15) is 9.18 Å². The largest absolute Gasteiger partial charge is 0.396 e. The maximum absolute atomic E-state index is 13.4. The molecule has 0 aliphatic rings. The first-order chi connectivity index (χ1) is 9.02. The summed E-state index contributed by atoms with van der Waals surface area (Å²) in [5.41, 5.74) is 1.10. The second-order valence-corrected chi connectivity index (χ2v) is 4.67. The summed E-state index contributed by atoms with van der Waals surface area (Å²) in [6.07, 6.45) is 1.42. The van der Waals surface area contributed by atoms with Gasteiger partial charge in [-0.3, -0.25) is 4.79 Å². The van der Waals surface area contributed by atoms with Gasteiger partial charge in [-0.15, -0.1) is 0 Å². The molecule has 19 heavy (non-hydrogen) atoms. The summed E-state index contributed by atoms with van der Waals surface area (Å²) in [5.74, 6) is -0.971. The van der Waals surface area contributed by atoms with Gasteiger partial charge in [-0.05, 0) is 25.0 Å². The molecule has 2 rings (SSSR count). The van der Waals surface area contributed by atoms with E-state index in [1.165, 1.54) is 12.4 Å². The minimum absolute atomic E-state index is 0.0254. The fraction of sp³-hybridized carbons (Fsp3) is 0.385. The second kappa shape index (κ2) is 5.36. The van der Waals surface area contributed by atoms with Crippen LogP contribution in [-0.4, -0.2) is 33.6 Å². The maximum Gasteiger partial charge on any atom is 0.253 e. The number of benzene rings is 1. The lowest BCUT2D eigenvalue weighted by Gasteiger charge is -2.19. The van der Waals surface area contributed by atoms with Gasteiger partial charge in [0.05, 0.1) is 17.4 Å². The van der Waals surface area contributed by atoms with E-state index in [0.29, 0.717) is 11.0 Å². The molecule has 0 radical (unpaired) electrons. The van der Waals surface area contributed by atoms with Gasteiger partial charge in [0.25, 0.3) is 5.91 Å². The number of fused-ring (bicyclic) bond motifs is 1. The molecule has 2 unspecified atom stereocenters. The highest BCUT2D eigenvalue weighted by Gasteiger charge is 2.18. The third kappa shape index (κ3) is 2.73. The minimum atomic E-state index is -0.496. The van der Waals surface area contributed by atoms with E-state index in [1.807, 2.05) is 6.92 Å². The molecule has 3 N–H and O–H groups in total. The van der Waals surface area contributed by atoms with Gasteiger partial charge in [0.2, 0.25) is 0 Å². The third-order valence-corrected chi connectivity index (χ3v) is 3.23. The Bertz CT molecular complexity index is 597. The van der Waals surface area contributed by atoms with Crippen LogP contribution in [0.15, 0.2) is 18.5 Å². The van der Waals surface area contributed by atoms with Crippen molar-refractivity contribution in [1.29, 1.82) is 0 Å². The number of imidazole rings is 1. The molecule has 0 aliphatic carbocycles. The van der Waals surface area contributed by atoms with Crippen LogP contribution >= 0.6 is 0 Å². The topological polar surface area (TPSA) is 78.0 Å². The van der Waals surface area contributed by atoms with Crippen molar-refractivity contribution in [1.82, 2.24) is 15.3 Å². The Balaban J connectivity index is 2.28. The van der Waals surface area contributed by atoms with Crippen LogP contribution in [0.5, 0.6) is 0 Å². The van der Waals surface area contributed by atoms with Gasteiger partial charge in [-0.2, -0.15) is 0 Å². The summed E-state index contributed by atoms with van der Waals surface area (Å²) in [5, 5.41) is 11.8. The van der Waals surface area contributed by atoms with Gasteiger partial charge in [0.15, 0.2) is 0 Å². The van der Waals surface area contributed by atoms with E-state index in [1.54, 1.807) is 6.92 Å². The second-order valence-electron chi connectivity index (χ2n) is 4.67. The predicted molar refractivity (Wildman–Crippen MR) is 69.2 cm³/mol. The van der Waals surface area contributed by atoms with E-state index in [2.05, 4.69) is 15.3 Å². The number of rotatable bonds is 4. The van der Waals surface area contributed by atoms with Crippen LogP contribution in [0.4, 0.5) is 4.39 Å². The fourth-order valence-electron chi connectivity index (χ4n) is 1.77. The molecule has 1 aromatic heterocycles. The Hall–Kier alpha value is -1.95. The van der Waals surface area contributed by atoms with Crippen LogP contribution < -0.4 is 5.32 Å². The Morgan fingerprint density at radius 1 is 1.53 bits per heavy atom. The van der Waals surface area contributed by atoms with Crippen molar-refractivity contribution >= 4 is 16.9 Å². The van der Waals surface area contributed by atoms with Crippen LogP contribution in [-0.2, 0) is 0 Å². The van der Waals surface area contributed by atoms with Crippen molar-refractivity contribution < 1.29 is 14.3 Å². The molecule has 1 heterocycles. The zero-order valence-corrected chi connectivity index (χ0v) is 10.8. The number of hydrogen-bond acceptors (Lipinski definition) is 3. The van der Waals surface area contributed by atoms with Gasteiger partial charge in [0.1, 0.15) is 11.3 Å². The maximum atomic E-state index is 13.4. The summed E-state index contributed by atoms with van der Waals surface area (Å²) in [7, 11) is 0. The van der Waals surface area contributed by atoms with Gasteiger partial charge in [-0.1, -0.05) is 6.92 Å². The summed E-state index contributed by atoms with van der Waals surface area (Å²) in [4.78, 5) is 18.9. The fourth-order valence-corrected chi connectivity index (χ4v) is 1.77. The Kier molecular flexibility index (Phi) is 3.80. The van der Waals surface area contributed by atoms with E-state index in [4.69, 9.17) is 5.11 Å². The van der Waals surface area contributed by atoms with Crippen molar-refractivity contribution in [3.8, 4) is 0 Å². The lowest BCUT2D eigenvalue weighted by Crippen LogP contribution is -2.38. The highest BCUT2D eigenvalue weighted by Crippen LogP contribution is 2.17. The van der Waals surface area contributed by atoms with E-state index >= 15 is 0 Å². The van der Waals surface area contributed by atoms with Crippen LogP contribution in [0.25, 0.3) is 11.0 Å². The lowest BCUT2D eigenvalue weighted by molar-refractivity contribution is 0.0917. The first-order valence-corrected chi connectivity index (χ1v) is 6.07. The highest BCUT2D eigenvalue weighted by atomic mass is 19.1. The van der Waals surface area contributed by atoms with E-state index < -0.39 is 11.7 Å². The van der Waals surface area contributed by atoms with Gasteiger partial charge in [-0.25, -0.2) is 9.37 Å². The van der Waals surface area contributed by atoms with Crippen LogP contribution in [0.1, 0.15) is 24.2 Å². The van der Waals surface area contributed by atoms with Crippen molar-refractivity contribution in [2.24, 2.45) is 5.92 Å². The average molecular weight is 265 g/mol. The monoisotopic (exact) mass is 265 g/mol. The summed E-state index contributed by atoms with van der Waals surface area (Å²) in [6, 6.07) is 2.24. The van der Waals surface area contributed by atoms with Gasteiger partial charge >= 0.3 is 0 Å².